The first-order valence-corrected chi connectivity index (χ1v) is 7.23. The first-order chi connectivity index (χ1) is 9.27. The van der Waals surface area contributed by atoms with Gasteiger partial charge in [-0.2, -0.15) is 0 Å². The number of para-hydroxylation sites is 1. The Labute approximate surface area is 115 Å². The van der Waals surface area contributed by atoms with Crippen molar-refractivity contribution in [3.8, 4) is 5.75 Å². The van der Waals surface area contributed by atoms with E-state index in [9.17, 15) is 4.79 Å². The van der Waals surface area contributed by atoms with Crippen molar-refractivity contribution in [2.45, 2.75) is 39.0 Å². The minimum atomic E-state index is 0.202. The molecule has 3 nitrogen and oxygen atoms in total. The highest BCUT2D eigenvalue weighted by atomic mass is 16.5. The summed E-state index contributed by atoms with van der Waals surface area (Å²) >= 11 is 0. The van der Waals surface area contributed by atoms with Gasteiger partial charge in [0.25, 0.3) is 0 Å². The fraction of sp³-hybridized carbons (Fsp3) is 0.562. The molecule has 1 saturated carbocycles. The van der Waals surface area contributed by atoms with Gasteiger partial charge in [0.2, 0.25) is 5.91 Å². The molecule has 0 radical (unpaired) electrons. The molecule has 2 rings (SSSR count). The zero-order valence-electron chi connectivity index (χ0n) is 11.7. The first kappa shape index (κ1) is 13.9. The average Bonchev–Trinajstić information content (AvgIpc) is 2.46. The molecule has 0 bridgehead atoms. The van der Waals surface area contributed by atoms with Gasteiger partial charge in [0.1, 0.15) is 12.4 Å². The maximum Gasteiger partial charge on any atom is 0.223 e. The molecule has 1 aliphatic carbocycles. The molecular weight excluding hydrogens is 238 g/mol. The first-order valence-electron chi connectivity index (χ1n) is 7.23. The summed E-state index contributed by atoms with van der Waals surface area (Å²) in [5.41, 5.74) is 1.13. The third kappa shape index (κ3) is 4.27. The van der Waals surface area contributed by atoms with Crippen molar-refractivity contribution in [1.82, 2.24) is 5.32 Å². The second-order valence-electron chi connectivity index (χ2n) is 5.24. The van der Waals surface area contributed by atoms with Gasteiger partial charge in [-0.25, -0.2) is 0 Å². The molecular formula is C16H23NO2. The summed E-state index contributed by atoms with van der Waals surface area (Å²) in [6.45, 7) is 3.14. The Bertz CT molecular complexity index is 411. The van der Waals surface area contributed by atoms with Gasteiger partial charge in [-0.05, 0) is 31.4 Å². The van der Waals surface area contributed by atoms with Crippen LogP contribution in [-0.2, 0) is 4.79 Å². The van der Waals surface area contributed by atoms with Crippen LogP contribution in [0.3, 0.4) is 0 Å². The van der Waals surface area contributed by atoms with Crippen molar-refractivity contribution in [1.29, 1.82) is 0 Å². The van der Waals surface area contributed by atoms with Crippen molar-refractivity contribution < 1.29 is 9.53 Å². The van der Waals surface area contributed by atoms with E-state index in [1.165, 1.54) is 19.3 Å². The number of carbonyl (C=O) groups excluding carboxylic acids is 1. The van der Waals surface area contributed by atoms with Gasteiger partial charge in [0.05, 0.1) is 6.54 Å². The van der Waals surface area contributed by atoms with Gasteiger partial charge in [0.15, 0.2) is 0 Å². The highest BCUT2D eigenvalue weighted by molar-refractivity contribution is 5.78. The Morgan fingerprint density at radius 1 is 1.26 bits per heavy atom. The van der Waals surface area contributed by atoms with E-state index in [2.05, 4.69) is 5.32 Å². The third-order valence-electron chi connectivity index (χ3n) is 3.73. The monoisotopic (exact) mass is 261 g/mol. The smallest absolute Gasteiger partial charge is 0.223 e. The zero-order valence-corrected chi connectivity index (χ0v) is 11.7. The Kier molecular flexibility index (Phi) is 5.25. The van der Waals surface area contributed by atoms with Gasteiger partial charge in [0, 0.05) is 5.92 Å². The number of aryl methyl sites for hydroxylation is 1. The lowest BCUT2D eigenvalue weighted by molar-refractivity contribution is -0.126. The molecule has 3 heteroatoms. The number of carbonyl (C=O) groups is 1. The van der Waals surface area contributed by atoms with Crippen LogP contribution in [0.25, 0.3) is 0 Å². The summed E-state index contributed by atoms with van der Waals surface area (Å²) in [6, 6.07) is 7.93. The van der Waals surface area contributed by atoms with Crippen molar-refractivity contribution >= 4 is 5.91 Å². The van der Waals surface area contributed by atoms with E-state index in [-0.39, 0.29) is 11.8 Å². The van der Waals surface area contributed by atoms with Crippen molar-refractivity contribution in [2.24, 2.45) is 5.92 Å². The molecule has 0 unspecified atom stereocenters. The topological polar surface area (TPSA) is 38.3 Å². The molecule has 1 amide bonds. The van der Waals surface area contributed by atoms with E-state index in [1.807, 2.05) is 31.2 Å². The Balaban J connectivity index is 1.66. The normalized spacial score (nSPS) is 16.1. The predicted molar refractivity (Wildman–Crippen MR) is 76.3 cm³/mol. The second kappa shape index (κ2) is 7.17. The number of ether oxygens (including phenoxy) is 1. The van der Waals surface area contributed by atoms with Crippen LogP contribution in [0, 0.1) is 12.8 Å². The molecule has 1 aliphatic rings. The van der Waals surface area contributed by atoms with Gasteiger partial charge >= 0.3 is 0 Å². The number of rotatable bonds is 5. The molecule has 104 valence electrons. The summed E-state index contributed by atoms with van der Waals surface area (Å²) in [5, 5.41) is 2.98. The average molecular weight is 261 g/mol. The van der Waals surface area contributed by atoms with Crippen LogP contribution in [0.5, 0.6) is 5.75 Å². The number of benzene rings is 1. The predicted octanol–water partition coefficient (Wildman–Crippen LogP) is 3.07. The fourth-order valence-corrected chi connectivity index (χ4v) is 2.56. The van der Waals surface area contributed by atoms with Gasteiger partial charge in [-0.1, -0.05) is 37.5 Å². The fourth-order valence-electron chi connectivity index (χ4n) is 2.56. The lowest BCUT2D eigenvalue weighted by Crippen LogP contribution is -2.34. The minimum absolute atomic E-state index is 0.202. The number of nitrogens with one attached hydrogen (secondary N) is 1. The quantitative estimate of drug-likeness (QED) is 0.827. The Hall–Kier alpha value is -1.51. The molecule has 0 aliphatic heterocycles. The Morgan fingerprint density at radius 3 is 2.74 bits per heavy atom. The summed E-state index contributed by atoms with van der Waals surface area (Å²) < 4.78 is 5.66. The van der Waals surface area contributed by atoms with E-state index in [0.717, 1.165) is 24.2 Å². The molecule has 19 heavy (non-hydrogen) atoms. The zero-order chi connectivity index (χ0) is 13.5. The summed E-state index contributed by atoms with van der Waals surface area (Å²) in [7, 11) is 0. The van der Waals surface area contributed by atoms with E-state index >= 15 is 0 Å². The van der Waals surface area contributed by atoms with Crippen molar-refractivity contribution in [2.75, 3.05) is 13.2 Å². The Morgan fingerprint density at radius 2 is 2.00 bits per heavy atom. The maximum atomic E-state index is 11.9. The van der Waals surface area contributed by atoms with E-state index < -0.39 is 0 Å². The summed E-state index contributed by atoms with van der Waals surface area (Å²) in [5.74, 6) is 1.33. The second-order valence-corrected chi connectivity index (χ2v) is 5.24. The maximum absolute atomic E-state index is 11.9. The van der Waals surface area contributed by atoms with Crippen LogP contribution in [-0.4, -0.2) is 19.1 Å². The van der Waals surface area contributed by atoms with Crippen LogP contribution in [0.2, 0.25) is 0 Å². The van der Waals surface area contributed by atoms with Gasteiger partial charge < -0.3 is 10.1 Å². The van der Waals surface area contributed by atoms with Crippen molar-refractivity contribution in [3.05, 3.63) is 29.8 Å². The minimum Gasteiger partial charge on any atom is -0.491 e. The van der Waals surface area contributed by atoms with E-state index in [4.69, 9.17) is 4.74 Å². The third-order valence-corrected chi connectivity index (χ3v) is 3.73. The lowest BCUT2D eigenvalue weighted by atomic mass is 9.89. The summed E-state index contributed by atoms with van der Waals surface area (Å²) in [6.07, 6.45) is 5.75. The standard InChI is InChI=1S/C16H23NO2/c1-13-7-5-6-10-15(13)19-12-11-17-16(18)14-8-3-2-4-9-14/h5-7,10,14H,2-4,8-9,11-12H2,1H3,(H,17,18). The SMILES string of the molecule is Cc1ccccc1OCCNC(=O)C1CCCCC1. The molecule has 0 saturated heterocycles. The van der Waals surface area contributed by atoms with Crippen LogP contribution < -0.4 is 10.1 Å². The van der Waals surface area contributed by atoms with Gasteiger partial charge in [-0.15, -0.1) is 0 Å². The van der Waals surface area contributed by atoms with Crippen LogP contribution >= 0.6 is 0 Å². The number of hydrogen-bond acceptors (Lipinski definition) is 2. The molecule has 0 heterocycles. The largest absolute Gasteiger partial charge is 0.491 e. The molecule has 1 aromatic rings. The van der Waals surface area contributed by atoms with Crippen LogP contribution in [0.1, 0.15) is 37.7 Å². The molecule has 0 atom stereocenters. The van der Waals surface area contributed by atoms with E-state index in [1.54, 1.807) is 0 Å². The molecule has 1 fully saturated rings. The summed E-state index contributed by atoms with van der Waals surface area (Å²) in [4.78, 5) is 11.9. The van der Waals surface area contributed by atoms with Gasteiger partial charge in [-0.3, -0.25) is 4.79 Å². The number of amides is 1. The van der Waals surface area contributed by atoms with Crippen LogP contribution in [0.4, 0.5) is 0 Å². The van der Waals surface area contributed by atoms with E-state index in [0.29, 0.717) is 13.2 Å². The highest BCUT2D eigenvalue weighted by Crippen LogP contribution is 2.23. The van der Waals surface area contributed by atoms with Crippen molar-refractivity contribution in [3.63, 3.8) is 0 Å². The lowest BCUT2D eigenvalue weighted by Gasteiger charge is -2.20. The molecule has 1 aromatic carbocycles. The molecule has 1 N–H and O–H groups in total. The molecule has 0 aromatic heterocycles. The highest BCUT2D eigenvalue weighted by Gasteiger charge is 2.20. The number of hydrogen-bond donors (Lipinski definition) is 1. The molecule has 0 spiro atoms. The van der Waals surface area contributed by atoms with Crippen LogP contribution in [0.15, 0.2) is 24.3 Å².